The van der Waals surface area contributed by atoms with Crippen molar-refractivity contribution in [1.82, 2.24) is 0 Å². The molecular weight excluding hydrogens is 164 g/mol. The molecule has 0 heterocycles. The molecule has 0 saturated carbocycles. The molecule has 2 rings (SSSR count). The van der Waals surface area contributed by atoms with Gasteiger partial charge in [-0.15, -0.1) is 0 Å². The Kier molecular flexibility index (Phi) is 1.81. The number of hydrogen-bond donors (Lipinski definition) is 0. The fourth-order valence-corrected chi connectivity index (χ4v) is 1.47. The molecule has 0 unspecified atom stereocenters. The molecule has 1 aliphatic carbocycles. The van der Waals surface area contributed by atoms with Crippen LogP contribution in [0.4, 0.5) is 0 Å². The third-order valence-corrected chi connectivity index (χ3v) is 2.10. The van der Waals surface area contributed by atoms with E-state index in [0.717, 1.165) is 5.56 Å². The predicted molar refractivity (Wildman–Crippen MR) is 48.3 cm³/mol. The summed E-state index contributed by atoms with van der Waals surface area (Å²) in [5.41, 5.74) is 2.04. The lowest BCUT2D eigenvalue weighted by atomic mass is 9.91. The highest BCUT2D eigenvalue weighted by molar-refractivity contribution is 6.09. The van der Waals surface area contributed by atoms with Gasteiger partial charge >= 0.3 is 0 Å². The first-order valence-electron chi connectivity index (χ1n) is 4.02. The molecule has 2 nitrogen and oxygen atoms in total. The summed E-state index contributed by atoms with van der Waals surface area (Å²) in [6, 6.07) is 7.31. The van der Waals surface area contributed by atoms with Crippen LogP contribution in [0, 0.1) is 0 Å². The Balaban J connectivity index is 2.51. The van der Waals surface area contributed by atoms with E-state index in [2.05, 4.69) is 0 Å². The van der Waals surface area contributed by atoms with Crippen LogP contribution in [-0.4, -0.2) is 12.1 Å². The van der Waals surface area contributed by atoms with Crippen LogP contribution in [0.2, 0.25) is 0 Å². The topological polar surface area (TPSA) is 34.1 Å². The van der Waals surface area contributed by atoms with E-state index in [4.69, 9.17) is 0 Å². The second-order valence-corrected chi connectivity index (χ2v) is 2.97. The zero-order chi connectivity index (χ0) is 9.26. The van der Waals surface area contributed by atoms with E-state index >= 15 is 0 Å². The van der Waals surface area contributed by atoms with Crippen LogP contribution in [0.3, 0.4) is 0 Å². The van der Waals surface area contributed by atoms with Gasteiger partial charge in [0.25, 0.3) is 0 Å². The molecule has 13 heavy (non-hydrogen) atoms. The number of carbonyl (C=O) groups is 1. The van der Waals surface area contributed by atoms with Crippen molar-refractivity contribution in [2.24, 2.45) is 0 Å². The molecule has 0 saturated heterocycles. The van der Waals surface area contributed by atoms with Crippen molar-refractivity contribution in [2.45, 2.75) is 6.42 Å². The van der Waals surface area contributed by atoms with Crippen molar-refractivity contribution in [3.05, 3.63) is 47.0 Å². The Morgan fingerprint density at radius 3 is 2.77 bits per heavy atom. The van der Waals surface area contributed by atoms with E-state index in [9.17, 15) is 9.59 Å². The minimum atomic E-state index is -0.0970. The van der Waals surface area contributed by atoms with Gasteiger partial charge in [-0.25, -0.2) is 0 Å². The van der Waals surface area contributed by atoms with E-state index < -0.39 is 0 Å². The van der Waals surface area contributed by atoms with Gasteiger partial charge in [0.15, 0.2) is 5.78 Å². The number of allylic oxidation sites excluding steroid dienone is 2. The molecule has 0 atom stereocenters. The van der Waals surface area contributed by atoms with Crippen molar-refractivity contribution in [2.75, 3.05) is 0 Å². The normalized spacial score (nSPS) is 14.8. The quantitative estimate of drug-likeness (QED) is 0.641. The van der Waals surface area contributed by atoms with Crippen LogP contribution in [0.25, 0.3) is 0 Å². The van der Waals surface area contributed by atoms with Gasteiger partial charge in [0.05, 0.1) is 0 Å². The molecular formula is C11H7O2. The molecule has 0 bridgehead atoms. The van der Waals surface area contributed by atoms with Gasteiger partial charge < -0.3 is 0 Å². The number of fused-ring (bicyclic) bond motifs is 1. The lowest BCUT2D eigenvalue weighted by Gasteiger charge is -2.11. The van der Waals surface area contributed by atoms with Gasteiger partial charge in [0.2, 0.25) is 6.29 Å². The van der Waals surface area contributed by atoms with E-state index in [1.54, 1.807) is 12.4 Å². The predicted octanol–water partition coefficient (Wildman–Crippen LogP) is 1.46. The van der Waals surface area contributed by atoms with Gasteiger partial charge in [-0.2, -0.15) is 0 Å². The van der Waals surface area contributed by atoms with E-state index in [1.807, 2.05) is 18.2 Å². The summed E-state index contributed by atoms with van der Waals surface area (Å²) in [5.74, 6) is -0.0970. The van der Waals surface area contributed by atoms with Crippen molar-refractivity contribution >= 4 is 12.1 Å². The zero-order valence-corrected chi connectivity index (χ0v) is 6.91. The standard InChI is InChI=1S/C11H7O2/c12-7-8-5-9-3-1-2-4-10(9)11(13)6-8/h1-4,6H,5H2. The molecule has 0 aromatic heterocycles. The maximum atomic E-state index is 11.4. The van der Waals surface area contributed by atoms with E-state index in [0.29, 0.717) is 17.6 Å². The average molecular weight is 171 g/mol. The molecule has 1 aliphatic rings. The molecule has 1 aromatic rings. The summed E-state index contributed by atoms with van der Waals surface area (Å²) < 4.78 is 0. The highest BCUT2D eigenvalue weighted by atomic mass is 16.1. The van der Waals surface area contributed by atoms with Crippen LogP contribution in [0.1, 0.15) is 15.9 Å². The SMILES string of the molecule is O=[C]C1=CC(=O)c2ccccc2C1. The summed E-state index contributed by atoms with van der Waals surface area (Å²) in [5, 5.41) is 0. The van der Waals surface area contributed by atoms with Crippen molar-refractivity contribution in [1.29, 1.82) is 0 Å². The lowest BCUT2D eigenvalue weighted by Crippen LogP contribution is -2.09. The second kappa shape index (κ2) is 2.98. The number of ketones is 1. The third-order valence-electron chi connectivity index (χ3n) is 2.10. The Hall–Kier alpha value is -1.70. The molecule has 1 radical (unpaired) electrons. The monoisotopic (exact) mass is 171 g/mol. The average Bonchev–Trinajstić information content (AvgIpc) is 2.18. The van der Waals surface area contributed by atoms with Crippen LogP contribution >= 0.6 is 0 Å². The van der Waals surface area contributed by atoms with E-state index in [-0.39, 0.29) is 5.78 Å². The Labute approximate surface area is 75.9 Å². The first-order valence-corrected chi connectivity index (χ1v) is 4.02. The highest BCUT2D eigenvalue weighted by Crippen LogP contribution is 2.19. The molecule has 0 fully saturated rings. The van der Waals surface area contributed by atoms with Gasteiger partial charge in [0.1, 0.15) is 0 Å². The first-order chi connectivity index (χ1) is 6.31. The van der Waals surface area contributed by atoms with Crippen molar-refractivity contribution < 1.29 is 9.59 Å². The summed E-state index contributed by atoms with van der Waals surface area (Å²) in [6.45, 7) is 0. The highest BCUT2D eigenvalue weighted by Gasteiger charge is 2.16. The summed E-state index contributed by atoms with van der Waals surface area (Å²) in [4.78, 5) is 21.8. The van der Waals surface area contributed by atoms with Gasteiger partial charge in [0, 0.05) is 17.6 Å². The maximum absolute atomic E-state index is 11.4. The van der Waals surface area contributed by atoms with Gasteiger partial charge in [-0.05, 0) is 11.6 Å². The summed E-state index contributed by atoms with van der Waals surface area (Å²) >= 11 is 0. The fraction of sp³-hybridized carbons (Fsp3) is 0.0909. The minimum Gasteiger partial charge on any atom is -0.289 e. The van der Waals surface area contributed by atoms with E-state index in [1.165, 1.54) is 6.08 Å². The molecule has 2 heteroatoms. The second-order valence-electron chi connectivity index (χ2n) is 2.97. The Bertz CT molecular complexity index is 402. The Morgan fingerprint density at radius 1 is 1.23 bits per heavy atom. The van der Waals surface area contributed by atoms with Crippen LogP contribution < -0.4 is 0 Å². The van der Waals surface area contributed by atoms with Gasteiger partial charge in [-0.3, -0.25) is 9.59 Å². The molecule has 0 aliphatic heterocycles. The number of benzene rings is 1. The smallest absolute Gasteiger partial charge is 0.229 e. The van der Waals surface area contributed by atoms with Crippen LogP contribution in [-0.2, 0) is 11.2 Å². The Morgan fingerprint density at radius 2 is 2.00 bits per heavy atom. The van der Waals surface area contributed by atoms with Crippen LogP contribution in [0.5, 0.6) is 0 Å². The number of rotatable bonds is 1. The molecule has 63 valence electrons. The summed E-state index contributed by atoms with van der Waals surface area (Å²) in [7, 11) is 0. The fourth-order valence-electron chi connectivity index (χ4n) is 1.47. The van der Waals surface area contributed by atoms with Crippen molar-refractivity contribution in [3.8, 4) is 0 Å². The number of hydrogen-bond acceptors (Lipinski definition) is 2. The molecule has 1 aromatic carbocycles. The van der Waals surface area contributed by atoms with Crippen molar-refractivity contribution in [3.63, 3.8) is 0 Å². The van der Waals surface area contributed by atoms with Crippen LogP contribution in [0.15, 0.2) is 35.9 Å². The van der Waals surface area contributed by atoms with Gasteiger partial charge in [-0.1, -0.05) is 24.3 Å². The molecule has 0 N–H and O–H groups in total. The largest absolute Gasteiger partial charge is 0.289 e. The maximum Gasteiger partial charge on any atom is 0.229 e. The minimum absolute atomic E-state index is 0.0970. The summed E-state index contributed by atoms with van der Waals surface area (Å²) in [6.07, 6.45) is 3.64. The molecule has 0 spiro atoms. The molecule has 0 amide bonds. The lowest BCUT2D eigenvalue weighted by molar-refractivity contribution is 0.104. The zero-order valence-electron chi connectivity index (χ0n) is 6.91. The third kappa shape index (κ3) is 1.31. The number of carbonyl (C=O) groups excluding carboxylic acids is 2. The first kappa shape index (κ1) is 7.92.